The molecule has 0 aliphatic carbocycles. The van der Waals surface area contributed by atoms with Crippen LogP contribution in [0.5, 0.6) is 0 Å². The Balaban J connectivity index is 2.79. The van der Waals surface area contributed by atoms with Crippen LogP contribution in [0.25, 0.3) is 0 Å². The van der Waals surface area contributed by atoms with Crippen molar-refractivity contribution in [2.45, 2.75) is 6.92 Å². The van der Waals surface area contributed by atoms with Crippen molar-refractivity contribution < 1.29 is 28.4 Å². The number of rotatable bonds is 6. The average molecular weight is 299 g/mol. The number of esters is 1. The van der Waals surface area contributed by atoms with E-state index < -0.39 is 29.4 Å². The zero-order valence-electron chi connectivity index (χ0n) is 11.3. The van der Waals surface area contributed by atoms with Crippen molar-refractivity contribution in [1.82, 2.24) is 5.01 Å². The number of furan rings is 1. The first kappa shape index (κ1) is 16.1. The quantitative estimate of drug-likeness (QED) is 0.334. The summed E-state index contributed by atoms with van der Waals surface area (Å²) in [4.78, 5) is 32.5. The van der Waals surface area contributed by atoms with E-state index in [0.29, 0.717) is 5.01 Å². The van der Waals surface area contributed by atoms with Crippen molar-refractivity contribution >= 4 is 24.2 Å². The Morgan fingerprint density at radius 2 is 2.24 bits per heavy atom. The molecule has 1 aromatic heterocycles. The minimum Gasteiger partial charge on any atom is -0.465 e. The molecule has 1 heterocycles. The Bertz CT molecular complexity index is 552. The van der Waals surface area contributed by atoms with Crippen LogP contribution in [-0.2, 0) is 14.3 Å². The first-order valence-electron chi connectivity index (χ1n) is 5.77. The van der Waals surface area contributed by atoms with Crippen LogP contribution in [0.4, 0.5) is 10.7 Å². The Kier molecular flexibility index (Phi) is 5.86. The fraction of sp³-hybridized carbons (Fsp3) is 0.364. The number of amides is 1. The van der Waals surface area contributed by atoms with E-state index in [1.165, 1.54) is 6.07 Å². The predicted molar refractivity (Wildman–Crippen MR) is 68.7 cm³/mol. The Morgan fingerprint density at radius 1 is 1.52 bits per heavy atom. The third-order valence-electron chi connectivity index (χ3n) is 2.09. The number of ether oxygens (including phenoxy) is 2. The molecule has 1 amide bonds. The largest absolute Gasteiger partial charge is 0.465 e. The molecule has 1 aromatic rings. The van der Waals surface area contributed by atoms with E-state index >= 15 is 0 Å². The maximum atomic E-state index is 11.4. The lowest BCUT2D eigenvalue weighted by molar-refractivity contribution is -0.402. The summed E-state index contributed by atoms with van der Waals surface area (Å²) in [5, 5.41) is 14.8. The lowest BCUT2D eigenvalue weighted by Crippen LogP contribution is -2.32. The summed E-state index contributed by atoms with van der Waals surface area (Å²) in [6.45, 7) is 1.31. The molecule has 1 rings (SSSR count). The monoisotopic (exact) mass is 299 g/mol. The highest BCUT2D eigenvalue weighted by atomic mass is 16.6. The van der Waals surface area contributed by atoms with E-state index in [1.807, 2.05) is 0 Å². The first-order chi connectivity index (χ1) is 9.97. The van der Waals surface area contributed by atoms with Crippen LogP contribution >= 0.6 is 0 Å². The fourth-order valence-electron chi connectivity index (χ4n) is 1.22. The SMILES string of the molecule is CCOC(=O)CN(/N=C/c1ccc([N+](=O)[O-])o1)C(=O)OC. The third-order valence-corrected chi connectivity index (χ3v) is 2.09. The average Bonchev–Trinajstić information content (AvgIpc) is 2.92. The van der Waals surface area contributed by atoms with Crippen molar-refractivity contribution in [3.05, 3.63) is 28.0 Å². The molecule has 0 aromatic carbocycles. The number of nitro groups is 1. The second-order valence-electron chi connectivity index (χ2n) is 3.51. The number of methoxy groups -OCH3 is 1. The number of hydrogen-bond acceptors (Lipinski definition) is 8. The zero-order valence-corrected chi connectivity index (χ0v) is 11.3. The number of carbonyl (C=O) groups excluding carboxylic acids is 2. The van der Waals surface area contributed by atoms with E-state index in [9.17, 15) is 19.7 Å². The van der Waals surface area contributed by atoms with Gasteiger partial charge in [0.15, 0.2) is 5.76 Å². The van der Waals surface area contributed by atoms with Crippen molar-refractivity contribution in [2.75, 3.05) is 20.3 Å². The molecule has 114 valence electrons. The molecule has 0 saturated heterocycles. The molecule has 0 spiro atoms. The van der Waals surface area contributed by atoms with E-state index in [0.717, 1.165) is 19.4 Å². The molecule has 0 radical (unpaired) electrons. The molecular formula is C11H13N3O7. The maximum Gasteiger partial charge on any atom is 0.433 e. The van der Waals surface area contributed by atoms with Crippen molar-refractivity contribution in [1.29, 1.82) is 0 Å². The van der Waals surface area contributed by atoms with E-state index in [1.54, 1.807) is 6.92 Å². The van der Waals surface area contributed by atoms with Crippen LogP contribution in [0.2, 0.25) is 0 Å². The van der Waals surface area contributed by atoms with E-state index in [4.69, 9.17) is 4.42 Å². The summed E-state index contributed by atoms with van der Waals surface area (Å²) in [7, 11) is 1.12. The van der Waals surface area contributed by atoms with Crippen LogP contribution < -0.4 is 0 Å². The van der Waals surface area contributed by atoms with Crippen LogP contribution in [0.15, 0.2) is 21.7 Å². The second-order valence-corrected chi connectivity index (χ2v) is 3.51. The van der Waals surface area contributed by atoms with Gasteiger partial charge in [-0.25, -0.2) is 4.79 Å². The fourth-order valence-corrected chi connectivity index (χ4v) is 1.22. The smallest absolute Gasteiger partial charge is 0.433 e. The Hall–Kier alpha value is -2.91. The molecule has 0 unspecified atom stereocenters. The predicted octanol–water partition coefficient (Wildman–Crippen LogP) is 1.15. The van der Waals surface area contributed by atoms with Gasteiger partial charge in [0, 0.05) is 0 Å². The van der Waals surface area contributed by atoms with E-state index in [-0.39, 0.29) is 12.4 Å². The van der Waals surface area contributed by atoms with Gasteiger partial charge in [-0.2, -0.15) is 10.1 Å². The molecule has 0 aliphatic heterocycles. The molecule has 0 bridgehead atoms. The van der Waals surface area contributed by atoms with Crippen LogP contribution in [0.1, 0.15) is 12.7 Å². The highest BCUT2D eigenvalue weighted by molar-refractivity contribution is 5.81. The lowest BCUT2D eigenvalue weighted by atomic mass is 10.5. The molecular weight excluding hydrogens is 286 g/mol. The van der Waals surface area contributed by atoms with Crippen molar-refractivity contribution in [3.63, 3.8) is 0 Å². The van der Waals surface area contributed by atoms with E-state index in [2.05, 4.69) is 14.6 Å². The summed E-state index contributed by atoms with van der Waals surface area (Å²) in [5.74, 6) is -1.10. The maximum absolute atomic E-state index is 11.4. The van der Waals surface area contributed by atoms with Gasteiger partial charge in [0.25, 0.3) is 0 Å². The number of hydrogen-bond donors (Lipinski definition) is 0. The van der Waals surface area contributed by atoms with Crippen molar-refractivity contribution in [3.8, 4) is 0 Å². The Labute approximate surface area is 119 Å². The van der Waals surface area contributed by atoms with Crippen LogP contribution in [-0.4, -0.2) is 48.5 Å². The molecule has 0 N–H and O–H groups in total. The van der Waals surface area contributed by atoms with Crippen LogP contribution in [0.3, 0.4) is 0 Å². The minimum atomic E-state index is -0.889. The standard InChI is InChI=1S/C11H13N3O7/c1-3-20-10(15)7-13(11(16)19-2)12-6-8-4-5-9(21-8)14(17)18/h4-6H,3,7H2,1-2H3/b12-6+. The van der Waals surface area contributed by atoms with Gasteiger partial charge < -0.3 is 13.9 Å². The molecule has 21 heavy (non-hydrogen) atoms. The van der Waals surface area contributed by atoms with Crippen molar-refractivity contribution in [2.24, 2.45) is 5.10 Å². The molecule has 0 aliphatic rings. The molecule has 10 heteroatoms. The second kappa shape index (κ2) is 7.62. The summed E-state index contributed by atoms with van der Waals surface area (Å²) in [5.41, 5.74) is 0. The molecule has 0 saturated carbocycles. The number of hydrazone groups is 1. The van der Waals surface area contributed by atoms with Gasteiger partial charge in [0.05, 0.1) is 26.0 Å². The number of nitrogens with zero attached hydrogens (tertiary/aromatic N) is 3. The summed E-state index contributed by atoms with van der Waals surface area (Å²) < 4.78 is 13.9. The molecule has 0 fully saturated rings. The van der Waals surface area contributed by atoms with Gasteiger partial charge in [-0.3, -0.25) is 14.9 Å². The summed E-state index contributed by atoms with van der Waals surface area (Å²) in [6, 6.07) is 2.43. The first-order valence-corrected chi connectivity index (χ1v) is 5.77. The van der Waals surface area contributed by atoms with Gasteiger partial charge in [-0.05, 0) is 13.0 Å². The summed E-state index contributed by atoms with van der Waals surface area (Å²) >= 11 is 0. The van der Waals surface area contributed by atoms with Gasteiger partial charge in [0.1, 0.15) is 11.5 Å². The normalized spacial score (nSPS) is 10.4. The van der Waals surface area contributed by atoms with Crippen LogP contribution in [0, 0.1) is 10.1 Å². The minimum absolute atomic E-state index is 0.0412. The highest BCUT2D eigenvalue weighted by Gasteiger charge is 2.18. The zero-order chi connectivity index (χ0) is 15.8. The summed E-state index contributed by atoms with van der Waals surface area (Å²) in [6.07, 6.45) is 0.156. The third kappa shape index (κ3) is 4.93. The number of carbonyl (C=O) groups is 2. The van der Waals surface area contributed by atoms with Gasteiger partial charge in [0.2, 0.25) is 0 Å². The van der Waals surface area contributed by atoms with Gasteiger partial charge >= 0.3 is 17.9 Å². The topological polar surface area (TPSA) is 124 Å². The molecule has 10 nitrogen and oxygen atoms in total. The molecule has 0 atom stereocenters. The highest BCUT2D eigenvalue weighted by Crippen LogP contribution is 2.14. The lowest BCUT2D eigenvalue weighted by Gasteiger charge is -2.13. The van der Waals surface area contributed by atoms with Gasteiger partial charge in [-0.1, -0.05) is 0 Å². The Morgan fingerprint density at radius 3 is 2.76 bits per heavy atom. The van der Waals surface area contributed by atoms with Gasteiger partial charge in [-0.15, -0.1) is 0 Å².